The molecule has 0 fully saturated rings. The van der Waals surface area contributed by atoms with E-state index in [9.17, 15) is 10.2 Å². The summed E-state index contributed by atoms with van der Waals surface area (Å²) in [4.78, 5) is 9.36. The van der Waals surface area contributed by atoms with Gasteiger partial charge >= 0.3 is 0 Å². The van der Waals surface area contributed by atoms with E-state index in [2.05, 4.69) is 9.97 Å². The minimum absolute atomic E-state index is 0.0144. The van der Waals surface area contributed by atoms with Gasteiger partial charge in [-0.2, -0.15) is 0 Å². The predicted molar refractivity (Wildman–Crippen MR) is 70.9 cm³/mol. The van der Waals surface area contributed by atoms with Crippen molar-refractivity contribution in [2.24, 2.45) is 0 Å². The number of phenols is 2. The summed E-state index contributed by atoms with van der Waals surface area (Å²) in [5, 5.41) is 22.2. The van der Waals surface area contributed by atoms with Crippen LogP contribution >= 0.6 is 11.3 Å². The van der Waals surface area contributed by atoms with Crippen molar-refractivity contribution >= 4 is 21.6 Å². The summed E-state index contributed by atoms with van der Waals surface area (Å²) in [5.41, 5.74) is 2.37. The molecule has 0 radical (unpaired) electrons. The number of hydrogen-bond donors (Lipinski definition) is 2. The normalized spacial score (nSPS) is 10.9. The number of benzene rings is 1. The van der Waals surface area contributed by atoms with E-state index in [0.29, 0.717) is 11.3 Å². The smallest absolute Gasteiger partial charge is 0.128 e. The fourth-order valence-corrected chi connectivity index (χ4v) is 2.83. The van der Waals surface area contributed by atoms with Gasteiger partial charge in [0.1, 0.15) is 22.7 Å². The highest BCUT2D eigenvalue weighted by Gasteiger charge is 2.13. The molecule has 0 unspecified atom stereocenters. The number of aryl methyl sites for hydroxylation is 1. The van der Waals surface area contributed by atoms with Crippen molar-refractivity contribution in [3.8, 4) is 22.8 Å². The van der Waals surface area contributed by atoms with E-state index in [1.165, 1.54) is 18.5 Å². The maximum Gasteiger partial charge on any atom is 0.128 e. The van der Waals surface area contributed by atoms with Gasteiger partial charge < -0.3 is 10.2 Å². The number of nitrogens with zero attached hydrogens (tertiary/aromatic N) is 2. The van der Waals surface area contributed by atoms with Crippen molar-refractivity contribution in [3.05, 3.63) is 35.5 Å². The Hall–Kier alpha value is -2.14. The first-order chi connectivity index (χ1) is 8.66. The molecular formula is C13H10N2O2S. The third-order valence-electron chi connectivity index (χ3n) is 2.79. The number of aromatic nitrogens is 2. The first-order valence-electron chi connectivity index (χ1n) is 5.38. The van der Waals surface area contributed by atoms with Crippen LogP contribution in [0.1, 0.15) is 5.56 Å². The summed E-state index contributed by atoms with van der Waals surface area (Å²) in [6, 6.07) is 4.50. The molecule has 0 amide bonds. The summed E-state index contributed by atoms with van der Waals surface area (Å²) in [7, 11) is 0. The summed E-state index contributed by atoms with van der Waals surface area (Å²) in [5.74, 6) is 0.0455. The van der Waals surface area contributed by atoms with Crippen molar-refractivity contribution in [1.82, 2.24) is 9.97 Å². The second-order valence-corrected chi connectivity index (χ2v) is 4.88. The monoisotopic (exact) mass is 258 g/mol. The van der Waals surface area contributed by atoms with Gasteiger partial charge in [-0.25, -0.2) is 9.97 Å². The average molecular weight is 258 g/mol. The molecule has 1 aromatic carbocycles. The van der Waals surface area contributed by atoms with Gasteiger partial charge in [-0.3, -0.25) is 0 Å². The van der Waals surface area contributed by atoms with Crippen LogP contribution in [0.15, 0.2) is 29.9 Å². The summed E-state index contributed by atoms with van der Waals surface area (Å²) < 4.78 is 0. The second-order valence-electron chi connectivity index (χ2n) is 4.02. The average Bonchev–Trinajstić information content (AvgIpc) is 2.72. The number of hydrogen-bond acceptors (Lipinski definition) is 5. The van der Waals surface area contributed by atoms with Crippen LogP contribution in [0, 0.1) is 6.92 Å². The molecule has 2 heterocycles. The molecule has 0 aliphatic carbocycles. The molecule has 0 aliphatic heterocycles. The molecule has 18 heavy (non-hydrogen) atoms. The quantitative estimate of drug-likeness (QED) is 0.704. The molecule has 3 aromatic rings. The van der Waals surface area contributed by atoms with Crippen LogP contribution in [0.4, 0.5) is 0 Å². The van der Waals surface area contributed by atoms with Crippen LogP contribution in [0.5, 0.6) is 11.5 Å². The van der Waals surface area contributed by atoms with E-state index in [1.54, 1.807) is 17.4 Å². The van der Waals surface area contributed by atoms with E-state index >= 15 is 0 Å². The third kappa shape index (κ3) is 1.60. The zero-order chi connectivity index (χ0) is 12.7. The highest BCUT2D eigenvalue weighted by Crippen LogP contribution is 2.37. The molecule has 2 N–H and O–H groups in total. The summed E-state index contributed by atoms with van der Waals surface area (Å²) in [6.45, 7) is 1.99. The minimum Gasteiger partial charge on any atom is -0.508 e. The van der Waals surface area contributed by atoms with Crippen LogP contribution in [0.2, 0.25) is 0 Å². The highest BCUT2D eigenvalue weighted by atomic mass is 32.1. The van der Waals surface area contributed by atoms with Gasteiger partial charge in [0, 0.05) is 17.0 Å². The van der Waals surface area contributed by atoms with E-state index in [0.717, 1.165) is 15.8 Å². The Labute approximate surface area is 107 Å². The fraction of sp³-hybridized carbons (Fsp3) is 0.0769. The van der Waals surface area contributed by atoms with Gasteiger partial charge in [0.2, 0.25) is 0 Å². The van der Waals surface area contributed by atoms with Gasteiger partial charge in [-0.05, 0) is 30.0 Å². The van der Waals surface area contributed by atoms with Gasteiger partial charge in [0.15, 0.2) is 0 Å². The Morgan fingerprint density at radius 1 is 1.17 bits per heavy atom. The number of aromatic hydroxyl groups is 2. The molecular weight excluding hydrogens is 248 g/mol. The topological polar surface area (TPSA) is 66.2 Å². The summed E-state index contributed by atoms with van der Waals surface area (Å²) >= 11 is 1.55. The number of rotatable bonds is 1. The molecule has 5 heteroatoms. The Kier molecular flexibility index (Phi) is 2.41. The molecule has 2 aromatic heterocycles. The molecule has 3 rings (SSSR count). The first kappa shape index (κ1) is 11.0. The van der Waals surface area contributed by atoms with Gasteiger partial charge in [0.05, 0.1) is 5.69 Å². The standard InChI is InChI=1S/C13H10N2O2S/c1-7-5-18-13-11(7)12(14-6-15-13)9-3-2-8(16)4-10(9)17/h2-6,16-17H,1H3. The number of fused-ring (bicyclic) bond motifs is 1. The van der Waals surface area contributed by atoms with Crippen LogP contribution in [-0.4, -0.2) is 20.2 Å². The van der Waals surface area contributed by atoms with Gasteiger partial charge in [-0.15, -0.1) is 11.3 Å². The van der Waals surface area contributed by atoms with Crippen LogP contribution < -0.4 is 0 Å². The molecule has 0 bridgehead atoms. The van der Waals surface area contributed by atoms with Crippen molar-refractivity contribution in [1.29, 1.82) is 0 Å². The van der Waals surface area contributed by atoms with E-state index < -0.39 is 0 Å². The largest absolute Gasteiger partial charge is 0.508 e. The number of thiophene rings is 1. The van der Waals surface area contributed by atoms with Gasteiger partial charge in [0.25, 0.3) is 0 Å². The zero-order valence-corrected chi connectivity index (χ0v) is 10.4. The second kappa shape index (κ2) is 3.96. The van der Waals surface area contributed by atoms with Crippen molar-refractivity contribution in [2.45, 2.75) is 6.92 Å². The van der Waals surface area contributed by atoms with Crippen molar-refractivity contribution < 1.29 is 10.2 Å². The maximum absolute atomic E-state index is 9.92. The maximum atomic E-state index is 9.92. The predicted octanol–water partition coefficient (Wildman–Crippen LogP) is 3.08. The van der Waals surface area contributed by atoms with Crippen LogP contribution in [-0.2, 0) is 0 Å². The Balaban J connectivity index is 2.34. The lowest BCUT2D eigenvalue weighted by Gasteiger charge is -2.06. The van der Waals surface area contributed by atoms with Crippen molar-refractivity contribution in [3.63, 3.8) is 0 Å². The zero-order valence-electron chi connectivity index (χ0n) is 9.58. The van der Waals surface area contributed by atoms with E-state index in [4.69, 9.17) is 0 Å². The fourth-order valence-electron chi connectivity index (χ4n) is 1.94. The molecule has 90 valence electrons. The molecule has 0 saturated carbocycles. The molecule has 0 atom stereocenters. The van der Waals surface area contributed by atoms with Crippen LogP contribution in [0.3, 0.4) is 0 Å². The Morgan fingerprint density at radius 2 is 2.00 bits per heavy atom. The number of phenolic OH excluding ortho intramolecular Hbond substituents is 2. The van der Waals surface area contributed by atoms with E-state index in [-0.39, 0.29) is 11.5 Å². The highest BCUT2D eigenvalue weighted by molar-refractivity contribution is 7.17. The SMILES string of the molecule is Cc1csc2ncnc(-c3ccc(O)cc3O)c12. The lowest BCUT2D eigenvalue weighted by Crippen LogP contribution is -1.88. The molecule has 4 nitrogen and oxygen atoms in total. The Morgan fingerprint density at radius 3 is 2.78 bits per heavy atom. The first-order valence-corrected chi connectivity index (χ1v) is 6.26. The molecule has 0 aliphatic rings. The van der Waals surface area contributed by atoms with E-state index in [1.807, 2.05) is 12.3 Å². The molecule has 0 saturated heterocycles. The lowest BCUT2D eigenvalue weighted by atomic mass is 10.1. The Bertz CT molecular complexity index is 737. The third-order valence-corrected chi connectivity index (χ3v) is 3.79. The lowest BCUT2D eigenvalue weighted by molar-refractivity contribution is 0.452. The minimum atomic E-state index is 0.0144. The molecule has 0 spiro atoms. The van der Waals surface area contributed by atoms with Crippen molar-refractivity contribution in [2.75, 3.05) is 0 Å². The van der Waals surface area contributed by atoms with Gasteiger partial charge in [-0.1, -0.05) is 0 Å². The summed E-state index contributed by atoms with van der Waals surface area (Å²) in [6.07, 6.45) is 1.49. The van der Waals surface area contributed by atoms with Crippen LogP contribution in [0.25, 0.3) is 21.5 Å².